The number of amides is 2. The van der Waals surface area contributed by atoms with E-state index in [1.165, 1.54) is 4.90 Å². The predicted molar refractivity (Wildman–Crippen MR) is 118 cm³/mol. The summed E-state index contributed by atoms with van der Waals surface area (Å²) in [7, 11) is 1.60. The molecule has 0 radical (unpaired) electrons. The van der Waals surface area contributed by atoms with E-state index >= 15 is 0 Å². The predicted octanol–water partition coefficient (Wildman–Crippen LogP) is 4.06. The van der Waals surface area contributed by atoms with Crippen molar-refractivity contribution in [2.45, 2.75) is 45.8 Å². The third-order valence-electron chi connectivity index (χ3n) is 4.87. The van der Waals surface area contributed by atoms with E-state index in [4.69, 9.17) is 21.1 Å². The molecule has 162 valence electrons. The molecule has 0 spiro atoms. The number of nitrogens with zero attached hydrogens (tertiary/aromatic N) is 1. The van der Waals surface area contributed by atoms with Crippen LogP contribution in [0.1, 0.15) is 32.8 Å². The van der Waals surface area contributed by atoms with Crippen LogP contribution in [0.25, 0.3) is 0 Å². The topological polar surface area (TPSA) is 67.9 Å². The Hall–Kier alpha value is -2.73. The van der Waals surface area contributed by atoms with Gasteiger partial charge in [-0.1, -0.05) is 42.8 Å². The van der Waals surface area contributed by atoms with Gasteiger partial charge >= 0.3 is 0 Å². The monoisotopic (exact) mass is 432 g/mol. The number of nitrogens with one attached hydrogen (secondary N) is 1. The van der Waals surface area contributed by atoms with Gasteiger partial charge in [0.15, 0.2) is 6.61 Å². The number of benzene rings is 2. The Morgan fingerprint density at radius 3 is 2.37 bits per heavy atom. The first-order valence-corrected chi connectivity index (χ1v) is 10.3. The van der Waals surface area contributed by atoms with Gasteiger partial charge in [0.05, 0.1) is 12.1 Å². The molecule has 0 fully saturated rings. The smallest absolute Gasteiger partial charge is 0.261 e. The highest BCUT2D eigenvalue weighted by atomic mass is 35.5. The number of hydrogen-bond donors (Lipinski definition) is 1. The molecule has 7 heteroatoms. The van der Waals surface area contributed by atoms with Gasteiger partial charge in [-0.15, -0.1) is 0 Å². The summed E-state index contributed by atoms with van der Waals surface area (Å²) in [5, 5.41) is 3.36. The van der Waals surface area contributed by atoms with Gasteiger partial charge in [0, 0.05) is 12.6 Å². The summed E-state index contributed by atoms with van der Waals surface area (Å²) in [6, 6.07) is 13.7. The maximum Gasteiger partial charge on any atom is 0.261 e. The van der Waals surface area contributed by atoms with Crippen molar-refractivity contribution >= 4 is 23.4 Å². The molecular formula is C23H29ClN2O4. The first-order chi connectivity index (χ1) is 14.3. The summed E-state index contributed by atoms with van der Waals surface area (Å²) in [4.78, 5) is 27.2. The van der Waals surface area contributed by atoms with E-state index in [-0.39, 0.29) is 31.0 Å². The van der Waals surface area contributed by atoms with Crippen molar-refractivity contribution in [1.29, 1.82) is 0 Å². The van der Waals surface area contributed by atoms with E-state index in [0.29, 0.717) is 10.8 Å². The Balaban J connectivity index is 2.16. The summed E-state index contributed by atoms with van der Waals surface area (Å²) in [5.41, 5.74) is 0.880. The molecule has 2 aromatic rings. The second-order valence-corrected chi connectivity index (χ2v) is 7.49. The van der Waals surface area contributed by atoms with Crippen molar-refractivity contribution in [1.82, 2.24) is 10.2 Å². The van der Waals surface area contributed by atoms with Gasteiger partial charge in [-0.2, -0.15) is 0 Å². The van der Waals surface area contributed by atoms with Gasteiger partial charge in [-0.25, -0.2) is 0 Å². The van der Waals surface area contributed by atoms with Gasteiger partial charge in [0.2, 0.25) is 5.91 Å². The van der Waals surface area contributed by atoms with Crippen LogP contribution in [0.4, 0.5) is 0 Å². The average molecular weight is 433 g/mol. The third-order valence-corrected chi connectivity index (χ3v) is 5.18. The lowest BCUT2D eigenvalue weighted by atomic mass is 10.1. The summed E-state index contributed by atoms with van der Waals surface area (Å²) in [6.45, 7) is 5.69. The summed E-state index contributed by atoms with van der Waals surface area (Å²) in [6.07, 6.45) is 0.806. The zero-order chi connectivity index (χ0) is 22.1. The second kappa shape index (κ2) is 11.5. The Morgan fingerprint density at radius 1 is 1.10 bits per heavy atom. The molecule has 30 heavy (non-hydrogen) atoms. The van der Waals surface area contributed by atoms with Crippen molar-refractivity contribution in [3.8, 4) is 11.5 Å². The van der Waals surface area contributed by atoms with Crippen molar-refractivity contribution in [2.75, 3.05) is 13.7 Å². The van der Waals surface area contributed by atoms with Gasteiger partial charge < -0.3 is 19.7 Å². The maximum absolute atomic E-state index is 13.0. The fourth-order valence-electron chi connectivity index (χ4n) is 2.76. The minimum Gasteiger partial charge on any atom is -0.497 e. The quantitative estimate of drug-likeness (QED) is 0.614. The molecule has 0 unspecified atom stereocenters. The number of ether oxygens (including phenoxy) is 2. The molecule has 0 heterocycles. The van der Waals surface area contributed by atoms with Crippen molar-refractivity contribution < 1.29 is 19.1 Å². The molecule has 0 saturated heterocycles. The van der Waals surface area contributed by atoms with Crippen LogP contribution in [-0.2, 0) is 16.1 Å². The number of carbonyl (C=O) groups is 2. The van der Waals surface area contributed by atoms with Crippen LogP contribution in [0.3, 0.4) is 0 Å². The lowest BCUT2D eigenvalue weighted by molar-refractivity contribution is -0.142. The molecule has 0 saturated carbocycles. The summed E-state index contributed by atoms with van der Waals surface area (Å²) >= 11 is 6.11. The standard InChI is InChI=1S/C23H29ClN2O4/c1-5-16(2)25-23(28)17(3)26(14-18-10-12-19(29-4)13-11-18)22(27)15-30-21-9-7-6-8-20(21)24/h6-13,16-17H,5,14-15H2,1-4H3,(H,25,28)/t16-,17-/m0/s1. The lowest BCUT2D eigenvalue weighted by Gasteiger charge is -2.29. The zero-order valence-electron chi connectivity index (χ0n) is 17.9. The molecule has 0 bridgehead atoms. The van der Waals surface area contributed by atoms with Crippen molar-refractivity contribution in [3.05, 3.63) is 59.1 Å². The Bertz CT molecular complexity index is 841. The molecule has 2 rings (SSSR count). The first-order valence-electron chi connectivity index (χ1n) is 9.95. The van der Waals surface area contributed by atoms with Gasteiger partial charge in [-0.3, -0.25) is 9.59 Å². The molecule has 1 N–H and O–H groups in total. The maximum atomic E-state index is 13.0. The third kappa shape index (κ3) is 6.66. The van der Waals surface area contributed by atoms with Crippen LogP contribution >= 0.6 is 11.6 Å². The molecule has 6 nitrogen and oxygen atoms in total. The minimum absolute atomic E-state index is 0.0252. The van der Waals surface area contributed by atoms with E-state index in [0.717, 1.165) is 17.7 Å². The van der Waals surface area contributed by atoms with E-state index in [2.05, 4.69) is 5.32 Å². The highest BCUT2D eigenvalue weighted by Crippen LogP contribution is 2.23. The molecule has 0 aliphatic heterocycles. The van der Waals surface area contributed by atoms with E-state index in [1.807, 2.05) is 38.1 Å². The highest BCUT2D eigenvalue weighted by molar-refractivity contribution is 6.32. The lowest BCUT2D eigenvalue weighted by Crippen LogP contribution is -2.50. The normalized spacial score (nSPS) is 12.6. The van der Waals surface area contributed by atoms with Crippen molar-refractivity contribution in [2.24, 2.45) is 0 Å². The van der Waals surface area contributed by atoms with E-state index in [1.54, 1.807) is 38.3 Å². The molecule has 0 aliphatic carbocycles. The van der Waals surface area contributed by atoms with Crippen LogP contribution in [-0.4, -0.2) is 42.5 Å². The highest BCUT2D eigenvalue weighted by Gasteiger charge is 2.27. The minimum atomic E-state index is -0.663. The number of methoxy groups -OCH3 is 1. The van der Waals surface area contributed by atoms with E-state index in [9.17, 15) is 9.59 Å². The first kappa shape index (κ1) is 23.5. The van der Waals surface area contributed by atoms with Gasteiger partial charge in [-0.05, 0) is 50.1 Å². The SMILES string of the molecule is CC[C@H](C)NC(=O)[C@H](C)N(Cc1ccc(OC)cc1)C(=O)COc1ccccc1Cl. The molecule has 0 aliphatic rings. The zero-order valence-corrected chi connectivity index (χ0v) is 18.6. The van der Waals surface area contributed by atoms with E-state index < -0.39 is 6.04 Å². The van der Waals surface area contributed by atoms with Crippen LogP contribution in [0, 0.1) is 0 Å². The number of hydrogen-bond acceptors (Lipinski definition) is 4. The summed E-state index contributed by atoms with van der Waals surface area (Å²) < 4.78 is 10.8. The van der Waals surface area contributed by atoms with Crippen LogP contribution < -0.4 is 14.8 Å². The van der Waals surface area contributed by atoms with Crippen LogP contribution in [0.5, 0.6) is 11.5 Å². The number of carbonyl (C=O) groups excluding carboxylic acids is 2. The molecule has 2 atom stereocenters. The Morgan fingerprint density at radius 2 is 1.77 bits per heavy atom. The number of para-hydroxylation sites is 1. The second-order valence-electron chi connectivity index (χ2n) is 7.08. The average Bonchev–Trinajstić information content (AvgIpc) is 2.76. The van der Waals surface area contributed by atoms with Crippen molar-refractivity contribution in [3.63, 3.8) is 0 Å². The molecule has 2 aromatic carbocycles. The van der Waals surface area contributed by atoms with Gasteiger partial charge in [0.25, 0.3) is 5.91 Å². The number of rotatable bonds is 10. The molecule has 0 aromatic heterocycles. The van der Waals surface area contributed by atoms with Gasteiger partial charge in [0.1, 0.15) is 17.5 Å². The fraction of sp³-hybridized carbons (Fsp3) is 0.391. The molecule has 2 amide bonds. The molecular weight excluding hydrogens is 404 g/mol. The Kier molecular flexibility index (Phi) is 8.99. The number of halogens is 1. The van der Waals surface area contributed by atoms with Crippen LogP contribution in [0.15, 0.2) is 48.5 Å². The van der Waals surface area contributed by atoms with Crippen LogP contribution in [0.2, 0.25) is 5.02 Å². The summed E-state index contributed by atoms with van der Waals surface area (Å²) in [5.74, 6) is 0.636. The largest absolute Gasteiger partial charge is 0.497 e. The fourth-order valence-corrected chi connectivity index (χ4v) is 2.95. The Labute approximate surface area is 183 Å².